The summed E-state index contributed by atoms with van der Waals surface area (Å²) in [6.07, 6.45) is 8.95. The summed E-state index contributed by atoms with van der Waals surface area (Å²) in [4.78, 5) is 39.7. The normalized spacial score (nSPS) is 25.4. The van der Waals surface area contributed by atoms with Crippen molar-refractivity contribution in [2.45, 2.75) is 147 Å². The van der Waals surface area contributed by atoms with Crippen molar-refractivity contribution in [1.29, 1.82) is 0 Å². The van der Waals surface area contributed by atoms with Gasteiger partial charge in [-0.2, -0.15) is 0 Å². The van der Waals surface area contributed by atoms with Crippen LogP contribution in [0, 0.1) is 5.92 Å². The molecule has 51 heavy (non-hydrogen) atoms. The Morgan fingerprint density at radius 2 is 1.49 bits per heavy atom. The Labute approximate surface area is 302 Å². The van der Waals surface area contributed by atoms with E-state index < -0.39 is 12.2 Å². The summed E-state index contributed by atoms with van der Waals surface area (Å²) in [6.45, 7) is 7.13. The lowest BCUT2D eigenvalue weighted by Crippen LogP contribution is -2.61. The van der Waals surface area contributed by atoms with Crippen LogP contribution in [0.1, 0.15) is 132 Å². The second-order valence-electron chi connectivity index (χ2n) is 15.6. The monoisotopic (exact) mass is 706 g/mol. The SMILES string of the molecule is CC(C)(C)NC(=O)[C@H]1CC[C@H]2CCCC[C@H]2N1C[C@H]1C[C@@H](c2ccc(CO)cc2)O[C@@H](c2ccc(CNC(=O)CCCCCC(=O)NO)cc2)O1. The number of aliphatic hydroxyl groups excluding tert-OH is 1. The van der Waals surface area contributed by atoms with E-state index in [0.29, 0.717) is 50.7 Å². The Morgan fingerprint density at radius 1 is 0.824 bits per heavy atom. The Balaban J connectivity index is 1.27. The number of amides is 3. The van der Waals surface area contributed by atoms with Crippen LogP contribution in [0.15, 0.2) is 48.5 Å². The summed E-state index contributed by atoms with van der Waals surface area (Å²) < 4.78 is 13.4. The average Bonchev–Trinajstić information content (AvgIpc) is 3.13. The first-order chi connectivity index (χ1) is 24.5. The van der Waals surface area contributed by atoms with Gasteiger partial charge in [0.25, 0.3) is 0 Å². The fraction of sp³-hybridized carbons (Fsp3) is 0.625. The van der Waals surface area contributed by atoms with Gasteiger partial charge < -0.3 is 25.2 Å². The number of carbonyl (C=O) groups excluding carboxylic acids is 3. The number of nitrogens with one attached hydrogen (secondary N) is 3. The zero-order chi connectivity index (χ0) is 36.4. The summed E-state index contributed by atoms with van der Waals surface area (Å²) in [5.41, 5.74) is 5.03. The maximum atomic E-state index is 13.7. The number of likely N-dealkylation sites (tertiary alicyclic amines) is 1. The van der Waals surface area contributed by atoms with E-state index in [1.54, 1.807) is 5.48 Å². The minimum absolute atomic E-state index is 0.0198. The van der Waals surface area contributed by atoms with Crippen molar-refractivity contribution in [2.24, 2.45) is 5.92 Å². The van der Waals surface area contributed by atoms with Crippen LogP contribution < -0.4 is 16.1 Å². The molecule has 2 heterocycles. The molecule has 0 aromatic heterocycles. The number of hydrogen-bond donors (Lipinski definition) is 5. The zero-order valence-electron chi connectivity index (χ0n) is 30.6. The molecule has 5 N–H and O–H groups in total. The average molecular weight is 707 g/mol. The third kappa shape index (κ3) is 11.3. The Kier molecular flexibility index (Phi) is 14.0. The number of hydroxylamine groups is 1. The lowest BCUT2D eigenvalue weighted by molar-refractivity contribution is -0.255. The molecule has 3 amide bonds. The van der Waals surface area contributed by atoms with E-state index in [2.05, 4.69) is 15.5 Å². The number of piperidine rings is 1. The fourth-order valence-electron chi connectivity index (χ4n) is 7.88. The van der Waals surface area contributed by atoms with Crippen LogP contribution in [-0.2, 0) is 37.0 Å². The quantitative estimate of drug-likeness (QED) is 0.0950. The number of unbranched alkanes of at least 4 members (excludes halogenated alkanes) is 2. The van der Waals surface area contributed by atoms with Crippen LogP contribution in [-0.4, -0.2) is 63.2 Å². The highest BCUT2D eigenvalue weighted by atomic mass is 16.7. The Morgan fingerprint density at radius 3 is 2.18 bits per heavy atom. The Bertz CT molecular complexity index is 1430. The van der Waals surface area contributed by atoms with Gasteiger partial charge in [0.15, 0.2) is 6.29 Å². The van der Waals surface area contributed by atoms with Crippen molar-refractivity contribution < 1.29 is 34.2 Å². The maximum Gasteiger partial charge on any atom is 0.243 e. The third-order valence-corrected chi connectivity index (χ3v) is 10.5. The first kappa shape index (κ1) is 38.9. The van der Waals surface area contributed by atoms with Crippen LogP contribution in [0.5, 0.6) is 0 Å². The Hall–Kier alpha value is -3.35. The molecule has 2 aromatic carbocycles. The molecule has 11 nitrogen and oxygen atoms in total. The second-order valence-corrected chi connectivity index (χ2v) is 15.6. The topological polar surface area (TPSA) is 149 Å². The summed E-state index contributed by atoms with van der Waals surface area (Å²) >= 11 is 0. The predicted molar refractivity (Wildman–Crippen MR) is 193 cm³/mol. The second kappa shape index (κ2) is 18.4. The van der Waals surface area contributed by atoms with E-state index in [4.69, 9.17) is 14.7 Å². The fourth-order valence-corrected chi connectivity index (χ4v) is 7.88. The highest BCUT2D eigenvalue weighted by molar-refractivity contribution is 5.82. The summed E-state index contributed by atoms with van der Waals surface area (Å²) in [5, 5.41) is 24.5. The van der Waals surface area contributed by atoms with Gasteiger partial charge in [0.2, 0.25) is 17.7 Å². The molecule has 1 saturated carbocycles. The molecule has 6 atom stereocenters. The van der Waals surface area contributed by atoms with Gasteiger partial charge in [-0.25, -0.2) is 5.48 Å². The summed E-state index contributed by atoms with van der Waals surface area (Å²) in [6, 6.07) is 16.0. The van der Waals surface area contributed by atoms with Crippen LogP contribution in [0.4, 0.5) is 0 Å². The lowest BCUT2D eigenvalue weighted by atomic mass is 9.75. The molecule has 2 saturated heterocycles. The molecule has 2 aromatic rings. The van der Waals surface area contributed by atoms with Crippen molar-refractivity contribution >= 4 is 17.7 Å². The molecule has 11 heteroatoms. The summed E-state index contributed by atoms with van der Waals surface area (Å²) in [5.74, 6) is 0.238. The predicted octanol–water partition coefficient (Wildman–Crippen LogP) is 5.73. The van der Waals surface area contributed by atoms with Crippen molar-refractivity contribution in [1.82, 2.24) is 21.0 Å². The van der Waals surface area contributed by atoms with E-state index in [0.717, 1.165) is 47.9 Å². The molecule has 0 bridgehead atoms. The van der Waals surface area contributed by atoms with Gasteiger partial charge in [0.05, 0.1) is 24.9 Å². The highest BCUT2D eigenvalue weighted by Gasteiger charge is 2.44. The van der Waals surface area contributed by atoms with Crippen molar-refractivity contribution in [3.63, 3.8) is 0 Å². The van der Waals surface area contributed by atoms with Gasteiger partial charge in [-0.15, -0.1) is 0 Å². The van der Waals surface area contributed by atoms with Gasteiger partial charge in [-0.3, -0.25) is 24.5 Å². The highest BCUT2D eigenvalue weighted by Crippen LogP contribution is 2.42. The molecular weight excluding hydrogens is 648 g/mol. The number of hydrogen-bond acceptors (Lipinski definition) is 8. The molecule has 3 fully saturated rings. The van der Waals surface area contributed by atoms with Crippen molar-refractivity contribution in [2.75, 3.05) is 6.54 Å². The van der Waals surface area contributed by atoms with Crippen LogP contribution in [0.25, 0.3) is 0 Å². The number of ether oxygens (including phenoxy) is 2. The van der Waals surface area contributed by atoms with Gasteiger partial charge in [0, 0.05) is 49.5 Å². The largest absolute Gasteiger partial charge is 0.392 e. The van der Waals surface area contributed by atoms with Crippen LogP contribution in [0.2, 0.25) is 0 Å². The first-order valence-corrected chi connectivity index (χ1v) is 18.9. The minimum Gasteiger partial charge on any atom is -0.392 e. The lowest BCUT2D eigenvalue weighted by Gasteiger charge is -2.50. The minimum atomic E-state index is -0.614. The van der Waals surface area contributed by atoms with Gasteiger partial charge >= 0.3 is 0 Å². The number of nitrogens with zero attached hydrogens (tertiary/aromatic N) is 1. The zero-order valence-corrected chi connectivity index (χ0v) is 30.6. The standard InChI is InChI=1S/C40H58N4O7/c1-40(2,3)42-38(48)34-22-21-29-9-7-8-10-33(29)44(34)25-32-23-35(30-17-15-28(26-45)16-18-30)51-39(50-32)31-19-13-27(14-20-31)24-41-36(46)11-5-4-6-12-37(47)43-49/h13-20,29,32-35,39,45,49H,4-12,21-26H2,1-3H3,(H,41,46)(H,42,48)(H,43,47)/t29-,32-,33-,34-,35+,39+/m1/s1. The number of carbonyl (C=O) groups is 3. The maximum absolute atomic E-state index is 13.7. The molecule has 0 unspecified atom stereocenters. The number of aliphatic hydroxyl groups is 1. The molecule has 3 aliphatic rings. The molecular formula is C40H58N4O7. The van der Waals surface area contributed by atoms with Crippen LogP contribution in [0.3, 0.4) is 0 Å². The smallest absolute Gasteiger partial charge is 0.243 e. The molecule has 280 valence electrons. The van der Waals surface area contributed by atoms with Gasteiger partial charge in [-0.1, -0.05) is 67.8 Å². The van der Waals surface area contributed by atoms with Crippen LogP contribution >= 0.6 is 0 Å². The molecule has 0 radical (unpaired) electrons. The van der Waals surface area contributed by atoms with Crippen molar-refractivity contribution in [3.05, 3.63) is 70.8 Å². The molecule has 1 aliphatic carbocycles. The van der Waals surface area contributed by atoms with E-state index in [-0.39, 0.29) is 48.6 Å². The summed E-state index contributed by atoms with van der Waals surface area (Å²) in [7, 11) is 0. The number of fused-ring (bicyclic) bond motifs is 1. The number of rotatable bonds is 14. The van der Waals surface area contributed by atoms with E-state index in [9.17, 15) is 19.5 Å². The van der Waals surface area contributed by atoms with E-state index in [1.807, 2.05) is 69.3 Å². The number of benzene rings is 2. The molecule has 5 rings (SSSR count). The van der Waals surface area contributed by atoms with Gasteiger partial charge in [-0.05, 0) is 81.9 Å². The van der Waals surface area contributed by atoms with Gasteiger partial charge in [0.1, 0.15) is 0 Å². The van der Waals surface area contributed by atoms with E-state index in [1.165, 1.54) is 19.3 Å². The van der Waals surface area contributed by atoms with E-state index >= 15 is 0 Å². The molecule has 2 aliphatic heterocycles. The third-order valence-electron chi connectivity index (χ3n) is 10.5. The molecule has 0 spiro atoms. The first-order valence-electron chi connectivity index (χ1n) is 18.9. The van der Waals surface area contributed by atoms with Crippen molar-refractivity contribution in [3.8, 4) is 0 Å².